The Bertz CT molecular complexity index is 213. The molecule has 2 saturated carbocycles. The second-order valence-electron chi connectivity index (χ2n) is 6.63. The quantitative estimate of drug-likeness (QED) is 0.651. The van der Waals surface area contributed by atoms with E-state index in [0.717, 1.165) is 12.8 Å². The first-order valence-corrected chi connectivity index (χ1v) is 6.74. The lowest BCUT2D eigenvalue weighted by molar-refractivity contribution is -0.0263. The van der Waals surface area contributed by atoms with E-state index in [1.807, 2.05) is 0 Å². The van der Waals surface area contributed by atoms with Crippen molar-refractivity contribution < 1.29 is 5.11 Å². The highest BCUT2D eigenvalue weighted by Crippen LogP contribution is 2.49. The topological polar surface area (TPSA) is 20.2 Å². The van der Waals surface area contributed by atoms with Crippen LogP contribution in [0.1, 0.15) is 71.6 Å². The average Bonchev–Trinajstić information content (AvgIpc) is 2.43. The summed E-state index contributed by atoms with van der Waals surface area (Å²) in [5.74, 6) is 0.599. The van der Waals surface area contributed by atoms with Crippen LogP contribution in [-0.4, -0.2) is 10.7 Å². The number of hydrogen-bond donors (Lipinski definition) is 1. The van der Waals surface area contributed by atoms with E-state index in [0.29, 0.717) is 11.3 Å². The number of aliphatic hydroxyl groups is 1. The van der Waals surface area contributed by atoms with Gasteiger partial charge in [-0.3, -0.25) is 0 Å². The van der Waals surface area contributed by atoms with Crippen LogP contribution >= 0.6 is 0 Å². The van der Waals surface area contributed by atoms with Crippen LogP contribution in [0.15, 0.2) is 0 Å². The molecule has 0 heterocycles. The minimum atomic E-state index is -0.312. The van der Waals surface area contributed by atoms with Crippen molar-refractivity contribution in [3.05, 3.63) is 0 Å². The lowest BCUT2D eigenvalue weighted by Crippen LogP contribution is -2.35. The van der Waals surface area contributed by atoms with Crippen molar-refractivity contribution in [3.8, 4) is 0 Å². The normalized spacial score (nSPS) is 37.8. The van der Waals surface area contributed by atoms with Gasteiger partial charge in [0.25, 0.3) is 0 Å². The molecule has 0 aliphatic heterocycles. The molecule has 1 atom stereocenters. The summed E-state index contributed by atoms with van der Waals surface area (Å²) in [6.07, 6.45) is 11.3. The molecule has 0 saturated heterocycles. The van der Waals surface area contributed by atoms with Crippen LogP contribution in [0.3, 0.4) is 0 Å². The predicted molar refractivity (Wildman–Crippen MR) is 63.8 cm³/mol. The first-order chi connectivity index (χ1) is 7.02. The summed E-state index contributed by atoms with van der Waals surface area (Å²) in [4.78, 5) is 0. The van der Waals surface area contributed by atoms with Gasteiger partial charge in [0.15, 0.2) is 0 Å². The van der Waals surface area contributed by atoms with Gasteiger partial charge in [-0.2, -0.15) is 0 Å². The van der Waals surface area contributed by atoms with Crippen molar-refractivity contribution in [2.75, 3.05) is 0 Å². The highest BCUT2D eigenvalue weighted by molar-refractivity contribution is 4.98. The third kappa shape index (κ3) is 2.55. The Balaban J connectivity index is 2.02. The average molecular weight is 210 g/mol. The van der Waals surface area contributed by atoms with Crippen molar-refractivity contribution >= 4 is 0 Å². The minimum Gasteiger partial charge on any atom is -0.390 e. The number of rotatable bonds is 1. The molecule has 0 aromatic heterocycles. The Morgan fingerprint density at radius 3 is 2.00 bits per heavy atom. The fourth-order valence-electron chi connectivity index (χ4n) is 3.73. The van der Waals surface area contributed by atoms with E-state index < -0.39 is 0 Å². The Morgan fingerprint density at radius 2 is 1.53 bits per heavy atom. The van der Waals surface area contributed by atoms with Gasteiger partial charge in [-0.25, -0.2) is 0 Å². The molecule has 15 heavy (non-hydrogen) atoms. The van der Waals surface area contributed by atoms with Crippen LogP contribution < -0.4 is 0 Å². The SMILES string of the molecule is CC1(C)CCC(O)(C2CCCCCC2)C1. The van der Waals surface area contributed by atoms with E-state index in [-0.39, 0.29) is 5.60 Å². The molecule has 0 bridgehead atoms. The summed E-state index contributed by atoms with van der Waals surface area (Å²) < 4.78 is 0. The zero-order valence-corrected chi connectivity index (χ0v) is 10.4. The largest absolute Gasteiger partial charge is 0.390 e. The highest BCUT2D eigenvalue weighted by Gasteiger charge is 2.46. The van der Waals surface area contributed by atoms with Crippen molar-refractivity contribution in [2.45, 2.75) is 77.2 Å². The van der Waals surface area contributed by atoms with Gasteiger partial charge in [0.1, 0.15) is 0 Å². The molecule has 0 amide bonds. The van der Waals surface area contributed by atoms with Crippen molar-refractivity contribution in [1.82, 2.24) is 0 Å². The van der Waals surface area contributed by atoms with E-state index in [9.17, 15) is 5.11 Å². The van der Waals surface area contributed by atoms with Gasteiger partial charge in [0.05, 0.1) is 5.60 Å². The Kier molecular flexibility index (Phi) is 3.12. The standard InChI is InChI=1S/C14H26O/c1-13(2)9-10-14(15,11-13)12-7-5-3-4-6-8-12/h12,15H,3-11H2,1-2H3. The summed E-state index contributed by atoms with van der Waals surface area (Å²) in [5.41, 5.74) is 0.0644. The highest BCUT2D eigenvalue weighted by atomic mass is 16.3. The molecule has 2 fully saturated rings. The molecule has 2 rings (SSSR count). The smallest absolute Gasteiger partial charge is 0.0681 e. The van der Waals surface area contributed by atoms with Gasteiger partial charge in [0, 0.05) is 0 Å². The molecule has 1 unspecified atom stereocenters. The molecular formula is C14H26O. The second-order valence-corrected chi connectivity index (χ2v) is 6.63. The summed E-state index contributed by atoms with van der Waals surface area (Å²) >= 11 is 0. The van der Waals surface area contributed by atoms with Crippen molar-refractivity contribution in [2.24, 2.45) is 11.3 Å². The zero-order valence-electron chi connectivity index (χ0n) is 10.4. The Morgan fingerprint density at radius 1 is 0.933 bits per heavy atom. The van der Waals surface area contributed by atoms with Gasteiger partial charge in [-0.15, -0.1) is 0 Å². The fourth-order valence-corrected chi connectivity index (χ4v) is 3.73. The van der Waals surface area contributed by atoms with Gasteiger partial charge in [-0.05, 0) is 43.4 Å². The molecule has 88 valence electrons. The van der Waals surface area contributed by atoms with E-state index in [2.05, 4.69) is 13.8 Å². The van der Waals surface area contributed by atoms with Crippen LogP contribution in [-0.2, 0) is 0 Å². The Hall–Kier alpha value is -0.0400. The lowest BCUT2D eigenvalue weighted by atomic mass is 9.78. The van der Waals surface area contributed by atoms with Crippen LogP contribution in [0.2, 0.25) is 0 Å². The maximum atomic E-state index is 10.8. The maximum absolute atomic E-state index is 10.8. The summed E-state index contributed by atoms with van der Waals surface area (Å²) in [6.45, 7) is 4.61. The molecule has 2 aliphatic carbocycles. The van der Waals surface area contributed by atoms with E-state index >= 15 is 0 Å². The number of hydrogen-bond acceptors (Lipinski definition) is 1. The maximum Gasteiger partial charge on any atom is 0.0681 e. The third-order valence-electron chi connectivity index (χ3n) is 4.63. The first-order valence-electron chi connectivity index (χ1n) is 6.74. The monoisotopic (exact) mass is 210 g/mol. The third-order valence-corrected chi connectivity index (χ3v) is 4.63. The molecule has 1 heteroatoms. The second kappa shape index (κ2) is 4.08. The van der Waals surface area contributed by atoms with E-state index in [1.165, 1.54) is 44.9 Å². The first kappa shape index (κ1) is 11.4. The molecule has 1 N–H and O–H groups in total. The summed E-state index contributed by atoms with van der Waals surface area (Å²) in [7, 11) is 0. The molecule has 2 aliphatic rings. The molecule has 0 aromatic carbocycles. The molecule has 0 spiro atoms. The van der Waals surface area contributed by atoms with Crippen LogP contribution in [0, 0.1) is 11.3 Å². The lowest BCUT2D eigenvalue weighted by Gasteiger charge is -2.33. The van der Waals surface area contributed by atoms with Crippen LogP contribution in [0.4, 0.5) is 0 Å². The molecule has 0 radical (unpaired) electrons. The molecule has 1 nitrogen and oxygen atoms in total. The zero-order chi connectivity index (χ0) is 10.9. The van der Waals surface area contributed by atoms with E-state index in [4.69, 9.17) is 0 Å². The van der Waals surface area contributed by atoms with Crippen molar-refractivity contribution in [1.29, 1.82) is 0 Å². The van der Waals surface area contributed by atoms with Gasteiger partial charge >= 0.3 is 0 Å². The fraction of sp³-hybridized carbons (Fsp3) is 1.00. The van der Waals surface area contributed by atoms with Gasteiger partial charge < -0.3 is 5.11 Å². The van der Waals surface area contributed by atoms with Crippen molar-refractivity contribution in [3.63, 3.8) is 0 Å². The molecule has 0 aromatic rings. The Labute approximate surface area is 94.3 Å². The van der Waals surface area contributed by atoms with Gasteiger partial charge in [-0.1, -0.05) is 39.5 Å². The molecular weight excluding hydrogens is 184 g/mol. The van der Waals surface area contributed by atoms with Crippen LogP contribution in [0.25, 0.3) is 0 Å². The minimum absolute atomic E-state index is 0.312. The van der Waals surface area contributed by atoms with Crippen LogP contribution in [0.5, 0.6) is 0 Å². The summed E-state index contributed by atoms with van der Waals surface area (Å²) in [6, 6.07) is 0. The van der Waals surface area contributed by atoms with Gasteiger partial charge in [0.2, 0.25) is 0 Å². The summed E-state index contributed by atoms with van der Waals surface area (Å²) in [5, 5.41) is 10.8. The predicted octanol–water partition coefficient (Wildman–Crippen LogP) is 3.90. The van der Waals surface area contributed by atoms with E-state index in [1.54, 1.807) is 0 Å².